The zero-order valence-electron chi connectivity index (χ0n) is 10.3. The van der Waals surface area contributed by atoms with Crippen molar-refractivity contribution in [3.05, 3.63) is 12.2 Å². The van der Waals surface area contributed by atoms with Crippen LogP contribution in [-0.4, -0.2) is 23.4 Å². The fourth-order valence-corrected chi connectivity index (χ4v) is 3.06. The zero-order valence-corrected chi connectivity index (χ0v) is 10.3. The number of carbonyl (C=O) groups excluding carboxylic acids is 1. The van der Waals surface area contributed by atoms with Crippen LogP contribution in [0.15, 0.2) is 12.2 Å². The van der Waals surface area contributed by atoms with Crippen molar-refractivity contribution in [2.75, 3.05) is 6.54 Å². The Morgan fingerprint density at radius 3 is 2.56 bits per heavy atom. The van der Waals surface area contributed by atoms with Gasteiger partial charge in [-0.25, -0.2) is 0 Å². The first-order chi connectivity index (χ1) is 7.83. The van der Waals surface area contributed by atoms with Gasteiger partial charge in [0.25, 0.3) is 0 Å². The average molecular weight is 221 g/mol. The maximum atomic E-state index is 12.4. The number of allylic oxidation sites excluding steroid dienone is 2. The third-order valence-corrected chi connectivity index (χ3v) is 4.01. The number of nitrogens with zero attached hydrogens (tertiary/aromatic N) is 1. The van der Waals surface area contributed by atoms with Gasteiger partial charge < -0.3 is 4.90 Å². The molecule has 2 rings (SSSR count). The summed E-state index contributed by atoms with van der Waals surface area (Å²) in [4.78, 5) is 14.6. The molecule has 1 atom stereocenters. The fraction of sp³-hybridized carbons (Fsp3) is 0.786. The van der Waals surface area contributed by atoms with E-state index in [0.29, 0.717) is 11.9 Å². The molecule has 0 N–H and O–H groups in total. The van der Waals surface area contributed by atoms with Crippen molar-refractivity contribution in [2.45, 2.75) is 57.9 Å². The highest BCUT2D eigenvalue weighted by molar-refractivity contribution is 5.79. The molecular weight excluding hydrogens is 198 g/mol. The second-order valence-corrected chi connectivity index (χ2v) is 5.04. The molecule has 2 aliphatic rings. The second kappa shape index (κ2) is 5.51. The number of rotatable bonds is 3. The molecule has 0 bridgehead atoms. The maximum Gasteiger partial charge on any atom is 0.226 e. The third kappa shape index (κ3) is 2.47. The van der Waals surface area contributed by atoms with Crippen molar-refractivity contribution in [1.82, 2.24) is 4.90 Å². The monoisotopic (exact) mass is 221 g/mol. The van der Waals surface area contributed by atoms with Gasteiger partial charge in [0, 0.05) is 18.5 Å². The van der Waals surface area contributed by atoms with Crippen molar-refractivity contribution in [3.63, 3.8) is 0 Å². The Hall–Kier alpha value is -0.790. The number of carbonyl (C=O) groups is 1. The van der Waals surface area contributed by atoms with Crippen LogP contribution in [0.1, 0.15) is 51.9 Å². The number of hydrogen-bond donors (Lipinski definition) is 0. The van der Waals surface area contributed by atoms with E-state index in [0.717, 1.165) is 25.8 Å². The third-order valence-electron chi connectivity index (χ3n) is 4.01. The topological polar surface area (TPSA) is 20.3 Å². The van der Waals surface area contributed by atoms with E-state index in [-0.39, 0.29) is 5.92 Å². The van der Waals surface area contributed by atoms with Crippen molar-refractivity contribution in [3.8, 4) is 0 Å². The molecule has 0 saturated heterocycles. The van der Waals surface area contributed by atoms with E-state index in [4.69, 9.17) is 0 Å². The van der Waals surface area contributed by atoms with Crippen LogP contribution < -0.4 is 0 Å². The minimum absolute atomic E-state index is 0.269. The molecular formula is C14H23NO. The Morgan fingerprint density at radius 2 is 2.00 bits per heavy atom. The minimum atomic E-state index is 0.269. The van der Waals surface area contributed by atoms with E-state index >= 15 is 0 Å². The molecule has 2 nitrogen and oxygen atoms in total. The largest absolute Gasteiger partial charge is 0.340 e. The predicted molar refractivity (Wildman–Crippen MR) is 66.1 cm³/mol. The summed E-state index contributed by atoms with van der Waals surface area (Å²) < 4.78 is 0. The summed E-state index contributed by atoms with van der Waals surface area (Å²) >= 11 is 0. The first kappa shape index (κ1) is 11.7. The van der Waals surface area contributed by atoms with Gasteiger partial charge in [0.05, 0.1) is 0 Å². The van der Waals surface area contributed by atoms with E-state index in [9.17, 15) is 4.79 Å². The van der Waals surface area contributed by atoms with Crippen LogP contribution in [0.3, 0.4) is 0 Å². The highest BCUT2D eigenvalue weighted by Gasteiger charge is 2.29. The van der Waals surface area contributed by atoms with E-state index in [1.54, 1.807) is 0 Å². The minimum Gasteiger partial charge on any atom is -0.340 e. The second-order valence-electron chi connectivity index (χ2n) is 5.04. The quantitative estimate of drug-likeness (QED) is 0.670. The summed E-state index contributed by atoms with van der Waals surface area (Å²) in [7, 11) is 0. The van der Waals surface area contributed by atoms with Crippen LogP contribution in [0.25, 0.3) is 0 Å². The first-order valence-electron chi connectivity index (χ1n) is 6.78. The number of hydrogen-bond acceptors (Lipinski definition) is 1. The molecule has 0 heterocycles. The molecule has 0 spiro atoms. The molecule has 1 fully saturated rings. The predicted octanol–water partition coefficient (Wildman–Crippen LogP) is 3.13. The van der Waals surface area contributed by atoms with Crippen LogP contribution in [0.2, 0.25) is 0 Å². The normalized spacial score (nSPS) is 25.9. The molecule has 1 amide bonds. The van der Waals surface area contributed by atoms with E-state index in [1.807, 2.05) is 0 Å². The van der Waals surface area contributed by atoms with Gasteiger partial charge in [0.15, 0.2) is 0 Å². The number of amides is 1. The van der Waals surface area contributed by atoms with Gasteiger partial charge in [-0.15, -0.1) is 0 Å². The summed E-state index contributed by atoms with van der Waals surface area (Å²) in [6, 6.07) is 0.545. The molecule has 0 aromatic rings. The summed E-state index contributed by atoms with van der Waals surface area (Å²) in [6.07, 6.45) is 12.5. The molecule has 1 unspecified atom stereocenters. The SMILES string of the molecule is CCN(C(=O)C1CC=CCC1)C1CCCC1. The van der Waals surface area contributed by atoms with Crippen LogP contribution in [-0.2, 0) is 4.79 Å². The van der Waals surface area contributed by atoms with Gasteiger partial charge in [-0.05, 0) is 39.0 Å². The molecule has 0 radical (unpaired) electrons. The summed E-state index contributed by atoms with van der Waals surface area (Å²) in [5.41, 5.74) is 0. The Balaban J connectivity index is 1.96. The van der Waals surface area contributed by atoms with Gasteiger partial charge in [-0.3, -0.25) is 4.79 Å². The van der Waals surface area contributed by atoms with Crippen LogP contribution in [0.4, 0.5) is 0 Å². The molecule has 2 heteroatoms. The lowest BCUT2D eigenvalue weighted by molar-refractivity contribution is -0.137. The summed E-state index contributed by atoms with van der Waals surface area (Å²) in [5, 5.41) is 0. The Bertz CT molecular complexity index is 266. The van der Waals surface area contributed by atoms with Crippen LogP contribution in [0, 0.1) is 5.92 Å². The van der Waals surface area contributed by atoms with E-state index < -0.39 is 0 Å². The lowest BCUT2D eigenvalue weighted by Crippen LogP contribution is -2.42. The molecule has 1 saturated carbocycles. The standard InChI is InChI=1S/C14H23NO/c1-2-15(13-10-6-7-11-13)14(16)12-8-4-3-5-9-12/h3-4,12-13H,2,5-11H2,1H3. The van der Waals surface area contributed by atoms with Crippen LogP contribution >= 0.6 is 0 Å². The Labute approximate surface area is 98.7 Å². The van der Waals surface area contributed by atoms with Gasteiger partial charge in [0.1, 0.15) is 0 Å². The fourth-order valence-electron chi connectivity index (χ4n) is 3.06. The van der Waals surface area contributed by atoms with Crippen molar-refractivity contribution in [2.24, 2.45) is 5.92 Å². The lowest BCUT2D eigenvalue weighted by Gasteiger charge is -2.31. The van der Waals surface area contributed by atoms with Crippen LogP contribution in [0.5, 0.6) is 0 Å². The molecule has 0 aromatic carbocycles. The molecule has 16 heavy (non-hydrogen) atoms. The zero-order chi connectivity index (χ0) is 11.4. The van der Waals surface area contributed by atoms with E-state index in [1.165, 1.54) is 25.7 Å². The van der Waals surface area contributed by atoms with Gasteiger partial charge in [0.2, 0.25) is 5.91 Å². The summed E-state index contributed by atoms with van der Waals surface area (Å²) in [6.45, 7) is 3.01. The maximum absolute atomic E-state index is 12.4. The van der Waals surface area contributed by atoms with Gasteiger partial charge in [-0.2, -0.15) is 0 Å². The molecule has 0 aliphatic heterocycles. The Morgan fingerprint density at radius 1 is 1.25 bits per heavy atom. The lowest BCUT2D eigenvalue weighted by atomic mass is 9.92. The first-order valence-corrected chi connectivity index (χ1v) is 6.78. The molecule has 0 aromatic heterocycles. The van der Waals surface area contributed by atoms with Crippen molar-refractivity contribution in [1.29, 1.82) is 0 Å². The average Bonchev–Trinajstić information content (AvgIpc) is 2.85. The van der Waals surface area contributed by atoms with Gasteiger partial charge in [-0.1, -0.05) is 25.0 Å². The summed E-state index contributed by atoms with van der Waals surface area (Å²) in [5.74, 6) is 0.685. The van der Waals surface area contributed by atoms with Crippen molar-refractivity contribution >= 4 is 5.91 Å². The van der Waals surface area contributed by atoms with Crippen molar-refractivity contribution < 1.29 is 4.79 Å². The van der Waals surface area contributed by atoms with Gasteiger partial charge >= 0.3 is 0 Å². The highest BCUT2D eigenvalue weighted by atomic mass is 16.2. The Kier molecular flexibility index (Phi) is 4.03. The smallest absolute Gasteiger partial charge is 0.226 e. The molecule has 2 aliphatic carbocycles. The van der Waals surface area contributed by atoms with E-state index in [2.05, 4.69) is 24.0 Å². The highest BCUT2D eigenvalue weighted by Crippen LogP contribution is 2.27. The molecule has 90 valence electrons.